The van der Waals surface area contributed by atoms with Crippen LogP contribution in [0.5, 0.6) is 0 Å². The molecule has 10 aromatic carbocycles. The standard InChI is InChI=1S/C46H30N2/c1-5-17-33(18-6-1)47(34-19-7-2-8-20-34)45-29-43-41-27-39-37-25-31-15-13-14-16-32(31)26-38(37)40(39)28-42(41)44(43)30-46(45)48(35-21-9-3-10-22-35)36-23-11-4-12-24-36/h1-30H. The SMILES string of the molecule is c1ccc(N(c2ccccc2)c2cc3c(cc2N(c2ccccc2)c2ccccc2)c2cc4c5cc6ccccc6cc5c4cc32)cc1. The summed E-state index contributed by atoms with van der Waals surface area (Å²) < 4.78 is 0. The minimum Gasteiger partial charge on any atom is -0.308 e. The van der Waals surface area contributed by atoms with Gasteiger partial charge in [-0.3, -0.25) is 0 Å². The minimum atomic E-state index is 1.11. The van der Waals surface area contributed by atoms with Crippen molar-refractivity contribution < 1.29 is 0 Å². The van der Waals surface area contributed by atoms with Crippen LogP contribution in [0.4, 0.5) is 34.1 Å². The molecule has 0 N–H and O–H groups in total. The van der Waals surface area contributed by atoms with Crippen molar-refractivity contribution in [3.8, 4) is 0 Å². The lowest BCUT2D eigenvalue weighted by molar-refractivity contribution is 1.23. The van der Waals surface area contributed by atoms with E-state index in [1.807, 2.05) is 0 Å². The molecule has 10 aromatic rings. The molecule has 0 aliphatic rings. The van der Waals surface area contributed by atoms with Crippen LogP contribution in [0, 0.1) is 0 Å². The predicted molar refractivity (Wildman–Crippen MR) is 206 cm³/mol. The molecule has 0 bridgehead atoms. The molecule has 0 aromatic heterocycles. The first-order chi connectivity index (χ1) is 23.8. The Hall–Kier alpha value is -6.38. The maximum Gasteiger partial charge on any atom is 0.0709 e. The van der Waals surface area contributed by atoms with E-state index in [4.69, 9.17) is 0 Å². The zero-order valence-electron chi connectivity index (χ0n) is 26.2. The molecule has 0 unspecified atom stereocenters. The Balaban J connectivity index is 1.28. The van der Waals surface area contributed by atoms with E-state index in [0.717, 1.165) is 34.1 Å². The molecule has 0 aliphatic heterocycles. The van der Waals surface area contributed by atoms with E-state index in [-0.39, 0.29) is 0 Å². The van der Waals surface area contributed by atoms with E-state index in [1.54, 1.807) is 0 Å². The summed E-state index contributed by atoms with van der Waals surface area (Å²) in [6, 6.07) is 66.0. The first-order valence-corrected chi connectivity index (χ1v) is 16.5. The highest BCUT2D eigenvalue weighted by Crippen LogP contribution is 2.52. The molecule has 2 heteroatoms. The third-order valence-corrected chi connectivity index (χ3v) is 9.86. The van der Waals surface area contributed by atoms with Crippen molar-refractivity contribution in [2.24, 2.45) is 0 Å². The molecule has 10 rings (SSSR count). The number of para-hydroxylation sites is 4. The van der Waals surface area contributed by atoms with Crippen LogP contribution in [0.3, 0.4) is 0 Å². The van der Waals surface area contributed by atoms with Crippen LogP contribution in [-0.4, -0.2) is 0 Å². The van der Waals surface area contributed by atoms with Gasteiger partial charge in [-0.15, -0.1) is 0 Å². The van der Waals surface area contributed by atoms with E-state index in [0.29, 0.717) is 0 Å². The van der Waals surface area contributed by atoms with Gasteiger partial charge in [-0.05, 0) is 139 Å². The van der Waals surface area contributed by atoms with E-state index in [2.05, 4.69) is 192 Å². The van der Waals surface area contributed by atoms with Crippen LogP contribution >= 0.6 is 0 Å². The number of hydrogen-bond donors (Lipinski definition) is 0. The van der Waals surface area contributed by atoms with E-state index in [9.17, 15) is 0 Å². The van der Waals surface area contributed by atoms with E-state index in [1.165, 1.54) is 53.9 Å². The van der Waals surface area contributed by atoms with Crippen molar-refractivity contribution in [3.63, 3.8) is 0 Å². The van der Waals surface area contributed by atoms with Gasteiger partial charge in [0.05, 0.1) is 11.4 Å². The van der Waals surface area contributed by atoms with Crippen LogP contribution in [0.25, 0.3) is 53.9 Å². The third-order valence-electron chi connectivity index (χ3n) is 9.86. The molecule has 0 atom stereocenters. The smallest absolute Gasteiger partial charge is 0.0709 e. The first kappa shape index (κ1) is 26.8. The second kappa shape index (κ2) is 10.6. The Morgan fingerprint density at radius 1 is 0.229 bits per heavy atom. The lowest BCUT2D eigenvalue weighted by Crippen LogP contribution is -2.17. The Labute approximate surface area is 279 Å². The molecule has 2 nitrogen and oxygen atoms in total. The molecule has 224 valence electrons. The first-order valence-electron chi connectivity index (χ1n) is 16.5. The van der Waals surface area contributed by atoms with Gasteiger partial charge in [0.15, 0.2) is 0 Å². The van der Waals surface area contributed by atoms with Crippen molar-refractivity contribution in [3.05, 3.63) is 182 Å². The number of hydrogen-bond acceptors (Lipinski definition) is 2. The fourth-order valence-corrected chi connectivity index (χ4v) is 7.60. The average Bonchev–Trinajstić information content (AvgIpc) is 3.15. The molecule has 48 heavy (non-hydrogen) atoms. The fourth-order valence-electron chi connectivity index (χ4n) is 7.60. The molecule has 0 fully saturated rings. The zero-order chi connectivity index (χ0) is 31.6. The molecule has 0 amide bonds. The van der Waals surface area contributed by atoms with Crippen LogP contribution in [0.15, 0.2) is 182 Å². The number of rotatable bonds is 6. The van der Waals surface area contributed by atoms with Gasteiger partial charge in [-0.2, -0.15) is 0 Å². The second-order valence-corrected chi connectivity index (χ2v) is 12.6. The van der Waals surface area contributed by atoms with Gasteiger partial charge in [-0.1, -0.05) is 97.1 Å². The highest BCUT2D eigenvalue weighted by atomic mass is 15.2. The molecule has 0 saturated heterocycles. The number of nitrogens with zero attached hydrogens (tertiary/aromatic N) is 2. The lowest BCUT2D eigenvalue weighted by atomic mass is 9.84. The summed E-state index contributed by atoms with van der Waals surface area (Å²) in [5.41, 5.74) is 6.70. The predicted octanol–water partition coefficient (Wildman–Crippen LogP) is 13.3. The average molecular weight is 611 g/mol. The zero-order valence-corrected chi connectivity index (χ0v) is 26.2. The highest BCUT2D eigenvalue weighted by molar-refractivity contribution is 6.36. The van der Waals surface area contributed by atoms with Crippen LogP contribution < -0.4 is 9.80 Å². The summed E-state index contributed by atoms with van der Waals surface area (Å²) in [4.78, 5) is 4.80. The summed E-state index contributed by atoms with van der Waals surface area (Å²) in [5.74, 6) is 0. The van der Waals surface area contributed by atoms with Gasteiger partial charge in [0.2, 0.25) is 0 Å². The summed E-state index contributed by atoms with van der Waals surface area (Å²) in [5, 5.41) is 13.2. The minimum absolute atomic E-state index is 1.11. The van der Waals surface area contributed by atoms with E-state index < -0.39 is 0 Å². The third kappa shape index (κ3) is 4.06. The Morgan fingerprint density at radius 2 is 0.479 bits per heavy atom. The Bertz CT molecular complexity index is 2440. The Morgan fingerprint density at radius 3 is 0.792 bits per heavy atom. The normalized spacial score (nSPS) is 11.8. The summed E-state index contributed by atoms with van der Waals surface area (Å²) in [6.07, 6.45) is 0. The van der Waals surface area contributed by atoms with Crippen molar-refractivity contribution in [2.75, 3.05) is 9.80 Å². The highest BCUT2D eigenvalue weighted by Gasteiger charge is 2.26. The van der Waals surface area contributed by atoms with Gasteiger partial charge >= 0.3 is 0 Å². The van der Waals surface area contributed by atoms with Crippen molar-refractivity contribution in [2.45, 2.75) is 0 Å². The maximum atomic E-state index is 2.43. The van der Waals surface area contributed by atoms with Gasteiger partial charge in [0, 0.05) is 22.7 Å². The van der Waals surface area contributed by atoms with E-state index >= 15 is 0 Å². The van der Waals surface area contributed by atoms with Crippen molar-refractivity contribution in [1.29, 1.82) is 0 Å². The van der Waals surface area contributed by atoms with Crippen LogP contribution in [0.1, 0.15) is 0 Å². The van der Waals surface area contributed by atoms with Crippen molar-refractivity contribution in [1.82, 2.24) is 0 Å². The second-order valence-electron chi connectivity index (χ2n) is 12.6. The number of anilines is 6. The molecule has 0 heterocycles. The molecule has 0 aliphatic carbocycles. The molecular formula is C46H30N2. The van der Waals surface area contributed by atoms with Gasteiger partial charge in [0.25, 0.3) is 0 Å². The van der Waals surface area contributed by atoms with Crippen LogP contribution in [-0.2, 0) is 0 Å². The van der Waals surface area contributed by atoms with Gasteiger partial charge < -0.3 is 9.80 Å². The molecule has 0 radical (unpaired) electrons. The van der Waals surface area contributed by atoms with Crippen LogP contribution in [0.2, 0.25) is 0 Å². The molecular weight excluding hydrogens is 581 g/mol. The van der Waals surface area contributed by atoms with Gasteiger partial charge in [0.1, 0.15) is 0 Å². The fraction of sp³-hybridized carbons (Fsp3) is 0. The quantitative estimate of drug-likeness (QED) is 0.185. The summed E-state index contributed by atoms with van der Waals surface area (Å²) >= 11 is 0. The summed E-state index contributed by atoms with van der Waals surface area (Å²) in [7, 11) is 0. The maximum absolute atomic E-state index is 2.43. The number of fused-ring (bicyclic) bond motifs is 9. The molecule has 0 saturated carbocycles. The Kier molecular flexibility index (Phi) is 5.91. The topological polar surface area (TPSA) is 6.48 Å². The van der Waals surface area contributed by atoms with Crippen molar-refractivity contribution >= 4 is 88.0 Å². The van der Waals surface area contributed by atoms with Gasteiger partial charge in [-0.25, -0.2) is 0 Å². The largest absolute Gasteiger partial charge is 0.308 e. The molecule has 0 spiro atoms. The number of benzene rings is 8. The lowest BCUT2D eigenvalue weighted by Gasteiger charge is -2.34. The monoisotopic (exact) mass is 610 g/mol. The summed E-state index contributed by atoms with van der Waals surface area (Å²) in [6.45, 7) is 0.